The van der Waals surface area contributed by atoms with Crippen LogP contribution in [0.3, 0.4) is 0 Å². The van der Waals surface area contributed by atoms with Crippen LogP contribution < -0.4 is 0 Å². The summed E-state index contributed by atoms with van der Waals surface area (Å²) in [7, 11) is -2.16. The first-order valence-corrected chi connectivity index (χ1v) is 7.90. The summed E-state index contributed by atoms with van der Waals surface area (Å²) in [6.45, 7) is 7.17. The maximum atomic E-state index is 11.0. The van der Waals surface area contributed by atoms with Crippen molar-refractivity contribution in [3.05, 3.63) is 0 Å². The van der Waals surface area contributed by atoms with Crippen LogP contribution in [0.1, 0.15) is 26.7 Å². The molecule has 0 aromatic carbocycles. The zero-order valence-corrected chi connectivity index (χ0v) is 10.3. The summed E-state index contributed by atoms with van der Waals surface area (Å²) in [5, 5.41) is 0. The molecule has 5 heteroatoms. The Labute approximate surface area is 85.7 Å². The average molecular weight is 218 g/mol. The molecule has 0 N–H and O–H groups in total. The molecule has 0 aliphatic heterocycles. The molecule has 0 rings (SSSR count). The Morgan fingerprint density at radius 3 is 2.00 bits per heavy atom. The van der Waals surface area contributed by atoms with Crippen LogP contribution in [0, 0.1) is 0 Å². The highest BCUT2D eigenvalue weighted by Gasteiger charge is 2.28. The third kappa shape index (κ3) is 5.74. The van der Waals surface area contributed by atoms with E-state index < -0.39 is 8.32 Å². The Balaban J connectivity index is 3.94. The van der Waals surface area contributed by atoms with Gasteiger partial charge in [-0.2, -0.15) is 0 Å². The van der Waals surface area contributed by atoms with Crippen molar-refractivity contribution in [2.24, 2.45) is 0 Å². The van der Waals surface area contributed by atoms with Crippen molar-refractivity contribution in [1.82, 2.24) is 0 Å². The third-order valence-electron chi connectivity index (χ3n) is 1.55. The van der Waals surface area contributed by atoms with Crippen LogP contribution >= 0.6 is 0 Å². The molecule has 0 bridgehead atoms. The van der Waals surface area contributed by atoms with Crippen LogP contribution in [0.25, 0.3) is 0 Å². The SMILES string of the molecule is CCC(=O)OC[Si](C)(C)OC(=O)CC. The lowest BCUT2D eigenvalue weighted by Gasteiger charge is -2.21. The van der Waals surface area contributed by atoms with Gasteiger partial charge in [-0.1, -0.05) is 13.8 Å². The largest absolute Gasteiger partial charge is 0.516 e. The molecule has 0 aliphatic carbocycles. The maximum Gasteiger partial charge on any atom is 0.305 e. The zero-order valence-electron chi connectivity index (χ0n) is 9.25. The normalized spacial score (nSPS) is 10.9. The highest BCUT2D eigenvalue weighted by Crippen LogP contribution is 2.07. The third-order valence-corrected chi connectivity index (χ3v) is 3.17. The van der Waals surface area contributed by atoms with Gasteiger partial charge in [0.2, 0.25) is 0 Å². The van der Waals surface area contributed by atoms with E-state index in [0.717, 1.165) is 0 Å². The molecule has 0 amide bonds. The number of carbonyl (C=O) groups is 2. The summed E-state index contributed by atoms with van der Waals surface area (Å²) in [6.07, 6.45) is 0.954. The fraction of sp³-hybridized carbons (Fsp3) is 0.778. The molecule has 0 saturated heterocycles. The monoisotopic (exact) mass is 218 g/mol. The van der Waals surface area contributed by atoms with Gasteiger partial charge < -0.3 is 9.16 Å². The Kier molecular flexibility index (Phi) is 5.45. The van der Waals surface area contributed by atoms with Gasteiger partial charge in [-0.25, -0.2) is 0 Å². The van der Waals surface area contributed by atoms with E-state index in [1.54, 1.807) is 13.8 Å². The number of hydrogen-bond donors (Lipinski definition) is 0. The van der Waals surface area contributed by atoms with Crippen LogP contribution in [0.5, 0.6) is 0 Å². The van der Waals surface area contributed by atoms with E-state index >= 15 is 0 Å². The van der Waals surface area contributed by atoms with Crippen molar-refractivity contribution >= 4 is 20.3 Å². The lowest BCUT2D eigenvalue weighted by atomic mass is 10.5. The van der Waals surface area contributed by atoms with Crippen LogP contribution in [-0.4, -0.2) is 26.5 Å². The van der Waals surface area contributed by atoms with Crippen molar-refractivity contribution < 1.29 is 18.8 Å². The van der Waals surface area contributed by atoms with Crippen LogP contribution in [0.15, 0.2) is 0 Å². The van der Waals surface area contributed by atoms with Gasteiger partial charge in [-0.3, -0.25) is 9.59 Å². The van der Waals surface area contributed by atoms with Crippen molar-refractivity contribution in [2.75, 3.05) is 6.23 Å². The Morgan fingerprint density at radius 2 is 1.57 bits per heavy atom. The minimum Gasteiger partial charge on any atom is -0.516 e. The van der Waals surface area contributed by atoms with Gasteiger partial charge in [-0.15, -0.1) is 0 Å². The average Bonchev–Trinajstić information content (AvgIpc) is 2.13. The Hall–Kier alpha value is -0.843. The standard InChI is InChI=1S/C9H18O4Si/c1-5-8(10)12-7-14(3,4)13-9(11)6-2/h5-7H2,1-4H3. The first-order valence-electron chi connectivity index (χ1n) is 4.78. The summed E-state index contributed by atoms with van der Waals surface area (Å²) in [6, 6.07) is 0. The molecular formula is C9H18O4Si. The molecule has 0 heterocycles. The van der Waals surface area contributed by atoms with Crippen molar-refractivity contribution in [3.63, 3.8) is 0 Å². The van der Waals surface area contributed by atoms with Crippen molar-refractivity contribution in [2.45, 2.75) is 39.8 Å². The molecule has 0 radical (unpaired) electrons. The quantitative estimate of drug-likeness (QED) is 0.520. The summed E-state index contributed by atoms with van der Waals surface area (Å²) in [4.78, 5) is 21.9. The molecule has 0 spiro atoms. The molecule has 14 heavy (non-hydrogen) atoms. The molecule has 0 aliphatic rings. The second-order valence-corrected chi connectivity index (χ2v) is 7.61. The molecule has 0 fully saturated rings. The molecule has 0 atom stereocenters. The molecular weight excluding hydrogens is 200 g/mol. The van der Waals surface area contributed by atoms with E-state index in [4.69, 9.17) is 9.16 Å². The maximum absolute atomic E-state index is 11.0. The Morgan fingerprint density at radius 1 is 1.07 bits per heavy atom. The number of ether oxygens (including phenoxy) is 1. The minimum absolute atomic E-state index is 0.228. The molecule has 0 saturated carbocycles. The number of esters is 1. The van der Waals surface area contributed by atoms with Gasteiger partial charge in [0, 0.05) is 12.8 Å². The number of hydrogen-bond acceptors (Lipinski definition) is 4. The van der Waals surface area contributed by atoms with E-state index in [2.05, 4.69) is 0 Å². The smallest absolute Gasteiger partial charge is 0.305 e. The fourth-order valence-electron chi connectivity index (χ4n) is 0.766. The van der Waals surface area contributed by atoms with Crippen LogP contribution in [-0.2, 0) is 18.8 Å². The number of carbonyl (C=O) groups excluding carboxylic acids is 2. The van der Waals surface area contributed by atoms with Gasteiger partial charge in [0.05, 0.1) is 0 Å². The topological polar surface area (TPSA) is 52.6 Å². The first-order chi connectivity index (χ1) is 6.41. The number of rotatable bonds is 5. The van der Waals surface area contributed by atoms with Crippen LogP contribution in [0.2, 0.25) is 13.1 Å². The molecule has 4 nitrogen and oxygen atoms in total. The van der Waals surface area contributed by atoms with Crippen LogP contribution in [0.4, 0.5) is 0 Å². The highest BCUT2D eigenvalue weighted by atomic mass is 28.4. The van der Waals surface area contributed by atoms with Gasteiger partial charge in [0.1, 0.15) is 6.23 Å². The zero-order chi connectivity index (χ0) is 11.2. The Bertz CT molecular complexity index is 213. The van der Waals surface area contributed by atoms with Gasteiger partial charge in [-0.05, 0) is 13.1 Å². The van der Waals surface area contributed by atoms with Gasteiger partial charge in [0.15, 0.2) is 0 Å². The molecule has 0 aromatic rings. The van der Waals surface area contributed by atoms with E-state index in [1.165, 1.54) is 0 Å². The highest BCUT2D eigenvalue weighted by molar-refractivity contribution is 6.72. The second-order valence-electron chi connectivity index (χ2n) is 3.60. The van der Waals surface area contributed by atoms with E-state index in [0.29, 0.717) is 12.8 Å². The van der Waals surface area contributed by atoms with Gasteiger partial charge >= 0.3 is 5.97 Å². The minimum atomic E-state index is -2.16. The second kappa shape index (κ2) is 5.80. The lowest BCUT2D eigenvalue weighted by molar-refractivity contribution is -0.143. The van der Waals surface area contributed by atoms with Gasteiger partial charge in [0.25, 0.3) is 14.3 Å². The predicted molar refractivity (Wildman–Crippen MR) is 55.1 cm³/mol. The van der Waals surface area contributed by atoms with E-state index in [1.807, 2.05) is 13.1 Å². The lowest BCUT2D eigenvalue weighted by Crippen LogP contribution is -2.39. The summed E-state index contributed by atoms with van der Waals surface area (Å²) >= 11 is 0. The first kappa shape index (κ1) is 13.2. The van der Waals surface area contributed by atoms with E-state index in [-0.39, 0.29) is 18.2 Å². The van der Waals surface area contributed by atoms with Crippen molar-refractivity contribution in [1.29, 1.82) is 0 Å². The predicted octanol–water partition coefficient (Wildman–Crippen LogP) is 1.64. The van der Waals surface area contributed by atoms with E-state index in [9.17, 15) is 9.59 Å². The summed E-state index contributed by atoms with van der Waals surface area (Å²) < 4.78 is 10.2. The molecule has 82 valence electrons. The van der Waals surface area contributed by atoms with Crippen molar-refractivity contribution in [3.8, 4) is 0 Å². The summed E-state index contributed by atoms with van der Waals surface area (Å²) in [5.74, 6) is -0.479. The fourth-order valence-corrected chi connectivity index (χ4v) is 2.09. The molecule has 0 aromatic heterocycles. The summed E-state index contributed by atoms with van der Waals surface area (Å²) in [5.41, 5.74) is 0. The molecule has 0 unspecified atom stereocenters.